The number of ether oxygens (including phenoxy) is 1. The second-order valence-electron chi connectivity index (χ2n) is 6.35. The molecule has 0 aromatic heterocycles. The van der Waals surface area contributed by atoms with E-state index in [4.69, 9.17) is 21.6 Å². The smallest absolute Gasteiger partial charge is 0.176 e. The van der Waals surface area contributed by atoms with Crippen LogP contribution in [-0.4, -0.2) is 22.6 Å². The summed E-state index contributed by atoms with van der Waals surface area (Å²) in [4.78, 5) is 11.6. The number of carbonyl (C=O) groups is 1. The molecule has 1 aliphatic carbocycles. The van der Waals surface area contributed by atoms with E-state index in [0.717, 1.165) is 0 Å². The number of allylic oxidation sites excluding steroid dienone is 2. The van der Waals surface area contributed by atoms with Gasteiger partial charge >= 0.3 is 0 Å². The monoisotopic (exact) mass is 332 g/mol. The first-order valence-corrected chi connectivity index (χ1v) is 7.81. The fourth-order valence-electron chi connectivity index (χ4n) is 2.98. The van der Waals surface area contributed by atoms with Gasteiger partial charge < -0.3 is 15.2 Å². The first-order valence-electron chi connectivity index (χ1n) is 7.43. The fraction of sp³-hybridized carbons (Fsp3) is 0.412. The summed E-state index contributed by atoms with van der Waals surface area (Å²) in [6, 6.07) is 6.68. The molecule has 5 nitrogen and oxygen atoms in total. The molecule has 2 aliphatic rings. The van der Waals surface area contributed by atoms with Crippen LogP contribution in [-0.2, 0) is 4.79 Å². The van der Waals surface area contributed by atoms with E-state index < -0.39 is 17.7 Å². The van der Waals surface area contributed by atoms with Crippen molar-refractivity contribution in [1.82, 2.24) is 5.32 Å². The van der Waals surface area contributed by atoms with Gasteiger partial charge in [0.25, 0.3) is 0 Å². The average molecular weight is 333 g/mol. The molecule has 0 bridgehead atoms. The van der Waals surface area contributed by atoms with Crippen LogP contribution in [0.3, 0.4) is 0 Å². The van der Waals surface area contributed by atoms with E-state index in [-0.39, 0.29) is 10.8 Å². The highest BCUT2D eigenvalue weighted by Crippen LogP contribution is 2.41. The Morgan fingerprint density at radius 2 is 2.17 bits per heavy atom. The maximum atomic E-state index is 11.6. The number of aliphatic hydroxyl groups is 1. The highest BCUT2D eigenvalue weighted by Gasteiger charge is 2.43. The number of hydrogen-bond donors (Lipinski definition) is 2. The normalized spacial score (nSPS) is 25.6. The van der Waals surface area contributed by atoms with Crippen molar-refractivity contribution in [2.24, 2.45) is 0 Å². The van der Waals surface area contributed by atoms with E-state index >= 15 is 0 Å². The van der Waals surface area contributed by atoms with Gasteiger partial charge in [0, 0.05) is 17.7 Å². The molecule has 0 saturated heterocycles. The van der Waals surface area contributed by atoms with Crippen LogP contribution in [0.15, 0.2) is 28.9 Å². The lowest BCUT2D eigenvalue weighted by molar-refractivity contribution is -0.114. The van der Waals surface area contributed by atoms with Crippen molar-refractivity contribution >= 4 is 17.4 Å². The van der Waals surface area contributed by atoms with Crippen molar-refractivity contribution in [1.29, 1.82) is 5.26 Å². The topological polar surface area (TPSA) is 82.3 Å². The van der Waals surface area contributed by atoms with Gasteiger partial charge in [-0.2, -0.15) is 5.26 Å². The Morgan fingerprint density at radius 3 is 2.78 bits per heavy atom. The Morgan fingerprint density at radius 1 is 1.43 bits per heavy atom. The Labute approximate surface area is 139 Å². The van der Waals surface area contributed by atoms with Gasteiger partial charge in [0.2, 0.25) is 0 Å². The van der Waals surface area contributed by atoms with Gasteiger partial charge in [0.15, 0.2) is 5.78 Å². The highest BCUT2D eigenvalue weighted by atomic mass is 35.5. The zero-order chi connectivity index (χ0) is 16.8. The molecule has 120 valence electrons. The minimum Gasteiger partial charge on any atom is -0.485 e. The molecule has 0 spiro atoms. The number of rotatable bonds is 2. The number of halogens is 1. The molecule has 1 aromatic rings. The Kier molecular flexibility index (Phi) is 3.83. The van der Waals surface area contributed by atoms with Crippen molar-refractivity contribution in [2.45, 2.75) is 44.4 Å². The molecule has 0 saturated carbocycles. The fourth-order valence-corrected chi connectivity index (χ4v) is 3.22. The van der Waals surface area contributed by atoms with E-state index in [1.165, 1.54) is 0 Å². The summed E-state index contributed by atoms with van der Waals surface area (Å²) in [5, 5.41) is 23.2. The van der Waals surface area contributed by atoms with Crippen molar-refractivity contribution in [2.75, 3.05) is 0 Å². The third kappa shape index (κ3) is 2.69. The zero-order valence-corrected chi connectivity index (χ0v) is 13.6. The number of hydrogen-bond acceptors (Lipinski definition) is 5. The first-order chi connectivity index (χ1) is 10.8. The van der Waals surface area contributed by atoms with Crippen molar-refractivity contribution in [3.8, 4) is 11.8 Å². The Hall–Kier alpha value is -2.03. The highest BCUT2D eigenvalue weighted by molar-refractivity contribution is 6.43. The molecule has 6 heteroatoms. The van der Waals surface area contributed by atoms with Gasteiger partial charge in [-0.25, -0.2) is 0 Å². The van der Waals surface area contributed by atoms with Crippen LogP contribution in [0.25, 0.3) is 0 Å². The third-order valence-corrected chi connectivity index (χ3v) is 4.76. The quantitative estimate of drug-likeness (QED) is 0.869. The van der Waals surface area contributed by atoms with Gasteiger partial charge in [0.05, 0.1) is 17.7 Å². The van der Waals surface area contributed by atoms with Crippen molar-refractivity contribution in [3.63, 3.8) is 0 Å². The molecule has 0 amide bonds. The van der Waals surface area contributed by atoms with E-state index in [1.54, 1.807) is 32.0 Å². The maximum absolute atomic E-state index is 11.6. The predicted molar refractivity (Wildman–Crippen MR) is 84.9 cm³/mol. The van der Waals surface area contributed by atoms with Crippen LogP contribution in [0.4, 0.5) is 0 Å². The molecular weight excluding hydrogens is 316 g/mol. The largest absolute Gasteiger partial charge is 0.485 e. The molecular formula is C17H17ClN2O3. The minimum atomic E-state index is -0.864. The second kappa shape index (κ2) is 5.55. The van der Waals surface area contributed by atoms with Crippen LogP contribution >= 0.6 is 11.6 Å². The van der Waals surface area contributed by atoms with E-state index in [9.17, 15) is 9.90 Å². The van der Waals surface area contributed by atoms with Gasteiger partial charge in [-0.15, -0.1) is 0 Å². The van der Waals surface area contributed by atoms with Gasteiger partial charge in [-0.3, -0.25) is 4.79 Å². The van der Waals surface area contributed by atoms with E-state index in [1.807, 2.05) is 0 Å². The summed E-state index contributed by atoms with van der Waals surface area (Å²) in [6.07, 6.45) is 0.0290. The molecule has 0 unspecified atom stereocenters. The maximum Gasteiger partial charge on any atom is 0.176 e. The average Bonchev–Trinajstić information content (AvgIpc) is 2.83. The molecule has 1 aliphatic heterocycles. The summed E-state index contributed by atoms with van der Waals surface area (Å²) in [6.45, 7) is 3.59. The number of nitrogens with one attached hydrogen (secondary N) is 1. The lowest BCUT2D eigenvalue weighted by Crippen LogP contribution is -2.52. The van der Waals surface area contributed by atoms with Gasteiger partial charge in [-0.05, 0) is 38.5 Å². The number of nitriles is 1. The van der Waals surface area contributed by atoms with Crippen molar-refractivity contribution < 1.29 is 14.6 Å². The van der Waals surface area contributed by atoms with Crippen LogP contribution in [0.5, 0.6) is 5.75 Å². The van der Waals surface area contributed by atoms with Gasteiger partial charge in [0.1, 0.15) is 22.5 Å². The molecule has 1 aromatic carbocycles. The summed E-state index contributed by atoms with van der Waals surface area (Å²) in [5.74, 6) is 0.513. The first kappa shape index (κ1) is 15.9. The second-order valence-corrected chi connectivity index (χ2v) is 6.73. The third-order valence-electron chi connectivity index (χ3n) is 4.32. The van der Waals surface area contributed by atoms with Crippen molar-refractivity contribution in [3.05, 3.63) is 40.1 Å². The number of benzene rings is 1. The van der Waals surface area contributed by atoms with Crippen LogP contribution < -0.4 is 10.1 Å². The van der Waals surface area contributed by atoms with E-state index in [0.29, 0.717) is 35.4 Å². The molecule has 0 radical (unpaired) electrons. The number of ketones is 1. The zero-order valence-electron chi connectivity index (χ0n) is 12.9. The number of carbonyl (C=O) groups excluding carboxylic acids is 1. The predicted octanol–water partition coefficient (Wildman–Crippen LogP) is 2.53. The lowest BCUT2D eigenvalue weighted by atomic mass is 9.85. The number of fused-ring (bicyclic) bond motifs is 1. The molecule has 23 heavy (non-hydrogen) atoms. The summed E-state index contributed by atoms with van der Waals surface area (Å²) >= 11 is 6.05. The molecule has 2 atom stereocenters. The number of Topliss-reactive ketones (excluding diaryl/α,β-unsaturated/α-hetero) is 1. The van der Waals surface area contributed by atoms with Crippen LogP contribution in [0.1, 0.15) is 43.9 Å². The summed E-state index contributed by atoms with van der Waals surface area (Å²) in [5.41, 5.74) is 0.988. The molecule has 1 heterocycles. The van der Waals surface area contributed by atoms with E-state index in [2.05, 4.69) is 11.4 Å². The Balaban J connectivity index is 2.04. The molecule has 0 fully saturated rings. The minimum absolute atomic E-state index is 0.0963. The molecule has 2 N–H and O–H groups in total. The van der Waals surface area contributed by atoms with Crippen LogP contribution in [0.2, 0.25) is 0 Å². The number of nitrogens with zero attached hydrogens (tertiary/aromatic N) is 1. The Bertz CT molecular complexity index is 749. The SMILES string of the molecule is CC1(C)Oc2ccc(C#N)cc2[C@H](NC2=C(Cl)C(=O)CC2)[C@H]1O. The number of aliphatic hydroxyl groups excluding tert-OH is 1. The summed E-state index contributed by atoms with van der Waals surface area (Å²) < 4.78 is 5.86. The van der Waals surface area contributed by atoms with Gasteiger partial charge in [-0.1, -0.05) is 11.6 Å². The molecule has 3 rings (SSSR count). The lowest BCUT2D eigenvalue weighted by Gasteiger charge is -2.42. The summed E-state index contributed by atoms with van der Waals surface area (Å²) in [7, 11) is 0. The van der Waals surface area contributed by atoms with Crippen LogP contribution in [0, 0.1) is 11.3 Å². The standard InChI is InChI=1S/C17H17ClN2O3/c1-17(2)16(22)15(20-11-4-5-12(21)14(11)18)10-7-9(8-19)3-6-13(10)23-17/h3,6-7,15-16,20,22H,4-5H2,1-2H3/t15-,16+/m0/s1.